The standard InChI is InChI=1S/C12H21N3O3S/c1-3-8-18-12-10(13)5-6-11(15-12)14-7-9-19(16,17)4-2/h5-6H,3-4,7-9,13H2,1-2H3,(H,14,15). The van der Waals surface area contributed by atoms with Crippen LogP contribution in [0.5, 0.6) is 5.88 Å². The Balaban J connectivity index is 2.59. The first-order valence-electron chi connectivity index (χ1n) is 6.32. The maximum absolute atomic E-state index is 11.3. The minimum Gasteiger partial charge on any atom is -0.476 e. The van der Waals surface area contributed by atoms with E-state index in [0.29, 0.717) is 30.5 Å². The first-order valence-corrected chi connectivity index (χ1v) is 8.14. The lowest BCUT2D eigenvalue weighted by atomic mass is 10.4. The highest BCUT2D eigenvalue weighted by Gasteiger charge is 2.08. The third-order valence-corrected chi connectivity index (χ3v) is 4.20. The van der Waals surface area contributed by atoms with Crippen molar-refractivity contribution in [1.29, 1.82) is 0 Å². The molecule has 0 unspecified atom stereocenters. The zero-order valence-electron chi connectivity index (χ0n) is 11.3. The molecule has 0 aliphatic carbocycles. The van der Waals surface area contributed by atoms with E-state index in [9.17, 15) is 8.42 Å². The number of hydrogen-bond acceptors (Lipinski definition) is 6. The van der Waals surface area contributed by atoms with Crippen molar-refractivity contribution in [3.05, 3.63) is 12.1 Å². The van der Waals surface area contributed by atoms with Crippen LogP contribution in [-0.2, 0) is 9.84 Å². The number of aromatic nitrogens is 1. The molecule has 1 heterocycles. The number of anilines is 2. The van der Waals surface area contributed by atoms with E-state index in [-0.39, 0.29) is 11.5 Å². The van der Waals surface area contributed by atoms with Gasteiger partial charge in [-0.3, -0.25) is 0 Å². The van der Waals surface area contributed by atoms with E-state index < -0.39 is 9.84 Å². The number of rotatable bonds is 8. The molecule has 0 atom stereocenters. The Bertz CT molecular complexity index is 503. The van der Waals surface area contributed by atoms with E-state index in [1.165, 1.54) is 0 Å². The summed E-state index contributed by atoms with van der Waals surface area (Å²) in [6.45, 7) is 4.49. The highest BCUT2D eigenvalue weighted by Crippen LogP contribution is 2.20. The molecule has 7 heteroatoms. The molecule has 0 aliphatic heterocycles. The molecule has 108 valence electrons. The molecule has 0 aliphatic rings. The number of ether oxygens (including phenoxy) is 1. The normalized spacial score (nSPS) is 11.3. The Hall–Kier alpha value is -1.50. The molecule has 1 aromatic heterocycles. The van der Waals surface area contributed by atoms with Crippen molar-refractivity contribution < 1.29 is 13.2 Å². The number of nitrogens with zero attached hydrogens (tertiary/aromatic N) is 1. The van der Waals surface area contributed by atoms with Gasteiger partial charge in [-0.2, -0.15) is 4.98 Å². The summed E-state index contributed by atoms with van der Waals surface area (Å²) in [5.74, 6) is 1.17. The molecule has 1 aromatic rings. The molecule has 0 aromatic carbocycles. The Morgan fingerprint density at radius 3 is 2.74 bits per heavy atom. The van der Waals surface area contributed by atoms with E-state index in [2.05, 4.69) is 10.3 Å². The highest BCUT2D eigenvalue weighted by atomic mass is 32.2. The Morgan fingerprint density at radius 2 is 2.11 bits per heavy atom. The highest BCUT2D eigenvalue weighted by molar-refractivity contribution is 7.91. The maximum Gasteiger partial charge on any atom is 0.239 e. The first kappa shape index (κ1) is 15.6. The molecule has 3 N–H and O–H groups in total. The van der Waals surface area contributed by atoms with Crippen LogP contribution in [-0.4, -0.2) is 38.1 Å². The van der Waals surface area contributed by atoms with Crippen molar-refractivity contribution in [1.82, 2.24) is 4.98 Å². The van der Waals surface area contributed by atoms with E-state index >= 15 is 0 Å². The number of hydrogen-bond donors (Lipinski definition) is 2. The van der Waals surface area contributed by atoms with Crippen LogP contribution in [0.3, 0.4) is 0 Å². The molecule has 0 amide bonds. The second kappa shape index (κ2) is 7.18. The van der Waals surface area contributed by atoms with Gasteiger partial charge >= 0.3 is 0 Å². The zero-order valence-corrected chi connectivity index (χ0v) is 12.2. The fourth-order valence-electron chi connectivity index (χ4n) is 1.34. The van der Waals surface area contributed by atoms with Crippen molar-refractivity contribution >= 4 is 21.3 Å². The van der Waals surface area contributed by atoms with Crippen LogP contribution in [0.1, 0.15) is 20.3 Å². The van der Waals surface area contributed by atoms with Crippen molar-refractivity contribution in [2.24, 2.45) is 0 Å². The van der Waals surface area contributed by atoms with Crippen LogP contribution in [0.4, 0.5) is 11.5 Å². The molecule has 0 fully saturated rings. The summed E-state index contributed by atoms with van der Waals surface area (Å²) in [4.78, 5) is 4.20. The lowest BCUT2D eigenvalue weighted by Gasteiger charge is -2.10. The Kier molecular flexibility index (Phi) is 5.88. The van der Waals surface area contributed by atoms with Gasteiger partial charge in [-0.15, -0.1) is 0 Å². The molecule has 6 nitrogen and oxygen atoms in total. The predicted molar refractivity (Wildman–Crippen MR) is 77.3 cm³/mol. The molecule has 0 radical (unpaired) electrons. The summed E-state index contributed by atoms with van der Waals surface area (Å²) in [6, 6.07) is 3.39. The van der Waals surface area contributed by atoms with Gasteiger partial charge in [0.1, 0.15) is 5.82 Å². The van der Waals surface area contributed by atoms with Crippen molar-refractivity contribution in [3.63, 3.8) is 0 Å². The van der Waals surface area contributed by atoms with Gasteiger partial charge in [-0.1, -0.05) is 13.8 Å². The summed E-state index contributed by atoms with van der Waals surface area (Å²) in [5.41, 5.74) is 6.21. The Morgan fingerprint density at radius 1 is 1.37 bits per heavy atom. The second-order valence-electron chi connectivity index (χ2n) is 4.10. The largest absolute Gasteiger partial charge is 0.476 e. The van der Waals surface area contributed by atoms with Crippen LogP contribution in [0, 0.1) is 0 Å². The Labute approximate surface area is 114 Å². The number of pyridine rings is 1. The number of sulfone groups is 1. The lowest BCUT2D eigenvalue weighted by molar-refractivity contribution is 0.307. The van der Waals surface area contributed by atoms with E-state index in [4.69, 9.17) is 10.5 Å². The summed E-state index contributed by atoms with van der Waals surface area (Å²) in [6.07, 6.45) is 0.869. The number of nitrogens with one attached hydrogen (secondary N) is 1. The third-order valence-electron chi connectivity index (χ3n) is 2.49. The molecule has 0 spiro atoms. The van der Waals surface area contributed by atoms with Gasteiger partial charge in [0.25, 0.3) is 0 Å². The lowest BCUT2D eigenvalue weighted by Crippen LogP contribution is -2.17. The average molecular weight is 287 g/mol. The SMILES string of the molecule is CCCOc1nc(NCCS(=O)(=O)CC)ccc1N. The van der Waals surface area contributed by atoms with Crippen LogP contribution < -0.4 is 15.8 Å². The second-order valence-corrected chi connectivity index (χ2v) is 6.58. The molecular formula is C12H21N3O3S. The van der Waals surface area contributed by atoms with Gasteiger partial charge in [0.05, 0.1) is 18.0 Å². The summed E-state index contributed by atoms with van der Waals surface area (Å²) >= 11 is 0. The van der Waals surface area contributed by atoms with Gasteiger partial charge in [0.2, 0.25) is 5.88 Å². The van der Waals surface area contributed by atoms with Crippen LogP contribution >= 0.6 is 0 Å². The fraction of sp³-hybridized carbons (Fsp3) is 0.583. The van der Waals surface area contributed by atoms with Gasteiger partial charge in [-0.05, 0) is 18.6 Å². The maximum atomic E-state index is 11.3. The van der Waals surface area contributed by atoms with Gasteiger partial charge < -0.3 is 15.8 Å². The summed E-state index contributed by atoms with van der Waals surface area (Å²) in [5, 5.41) is 2.95. The number of nitrogen functional groups attached to an aromatic ring is 1. The van der Waals surface area contributed by atoms with Gasteiger partial charge in [0, 0.05) is 12.3 Å². The van der Waals surface area contributed by atoms with E-state index in [1.807, 2.05) is 6.92 Å². The molecule has 1 rings (SSSR count). The first-order chi connectivity index (χ1) is 8.98. The average Bonchev–Trinajstić information content (AvgIpc) is 2.39. The van der Waals surface area contributed by atoms with Crippen molar-refractivity contribution in [2.75, 3.05) is 35.7 Å². The van der Waals surface area contributed by atoms with Crippen LogP contribution in [0.25, 0.3) is 0 Å². The predicted octanol–water partition coefficient (Wildman–Crippen LogP) is 1.30. The van der Waals surface area contributed by atoms with Gasteiger partial charge in [-0.25, -0.2) is 8.42 Å². The zero-order chi connectivity index (χ0) is 14.3. The molecule has 19 heavy (non-hydrogen) atoms. The van der Waals surface area contributed by atoms with Crippen molar-refractivity contribution in [2.45, 2.75) is 20.3 Å². The van der Waals surface area contributed by atoms with Crippen LogP contribution in [0.2, 0.25) is 0 Å². The quantitative estimate of drug-likeness (QED) is 0.748. The molecular weight excluding hydrogens is 266 g/mol. The molecule has 0 saturated carbocycles. The fourth-order valence-corrected chi connectivity index (χ4v) is 2.04. The molecule has 0 saturated heterocycles. The van der Waals surface area contributed by atoms with Gasteiger partial charge in [0.15, 0.2) is 9.84 Å². The molecule has 0 bridgehead atoms. The third kappa shape index (κ3) is 5.34. The minimum absolute atomic E-state index is 0.0840. The number of nitrogens with two attached hydrogens (primary N) is 1. The van der Waals surface area contributed by atoms with Crippen molar-refractivity contribution in [3.8, 4) is 5.88 Å². The monoisotopic (exact) mass is 287 g/mol. The summed E-state index contributed by atoms with van der Waals surface area (Å²) in [7, 11) is -2.97. The summed E-state index contributed by atoms with van der Waals surface area (Å²) < 4.78 is 28.1. The van der Waals surface area contributed by atoms with Crippen LogP contribution in [0.15, 0.2) is 12.1 Å². The minimum atomic E-state index is -2.97. The topological polar surface area (TPSA) is 94.3 Å². The van der Waals surface area contributed by atoms with E-state index in [0.717, 1.165) is 6.42 Å². The smallest absolute Gasteiger partial charge is 0.239 e. The van der Waals surface area contributed by atoms with E-state index in [1.54, 1.807) is 19.1 Å².